The predicted molar refractivity (Wildman–Crippen MR) is 89.8 cm³/mol. The Kier molecular flexibility index (Phi) is 4.80. The highest BCUT2D eigenvalue weighted by Crippen LogP contribution is 2.24. The van der Waals surface area contributed by atoms with Crippen LogP contribution < -0.4 is 4.74 Å². The molecule has 0 radical (unpaired) electrons. The summed E-state index contributed by atoms with van der Waals surface area (Å²) in [5.41, 5.74) is 0.794. The lowest BCUT2D eigenvalue weighted by Gasteiger charge is -2.38. The van der Waals surface area contributed by atoms with Gasteiger partial charge in [-0.1, -0.05) is 17.7 Å². The highest BCUT2D eigenvalue weighted by atomic mass is 35.5. The SMILES string of the molecule is Cc1ccc(C(=O)N2CC(COc3cncc(Cl)n3)C2)cc1[N+](=O)[O-]. The monoisotopic (exact) mass is 362 g/mol. The van der Waals surface area contributed by atoms with Gasteiger partial charge in [0.25, 0.3) is 11.6 Å². The number of nitro benzene ring substituents is 1. The van der Waals surface area contributed by atoms with Crippen molar-refractivity contribution in [1.82, 2.24) is 14.9 Å². The molecule has 2 aromatic rings. The Balaban J connectivity index is 1.55. The third kappa shape index (κ3) is 3.85. The van der Waals surface area contributed by atoms with Crippen LogP contribution >= 0.6 is 11.6 Å². The first kappa shape index (κ1) is 17.1. The second kappa shape index (κ2) is 7.02. The van der Waals surface area contributed by atoms with Crippen LogP contribution in [0.1, 0.15) is 15.9 Å². The van der Waals surface area contributed by atoms with E-state index in [0.29, 0.717) is 36.7 Å². The van der Waals surface area contributed by atoms with Crippen LogP contribution in [0.2, 0.25) is 5.15 Å². The van der Waals surface area contributed by atoms with E-state index in [1.165, 1.54) is 18.5 Å². The van der Waals surface area contributed by atoms with E-state index in [1.54, 1.807) is 24.0 Å². The van der Waals surface area contributed by atoms with E-state index in [-0.39, 0.29) is 22.7 Å². The van der Waals surface area contributed by atoms with Gasteiger partial charge in [0.1, 0.15) is 0 Å². The zero-order valence-electron chi connectivity index (χ0n) is 13.4. The molecule has 0 saturated carbocycles. The highest BCUT2D eigenvalue weighted by Gasteiger charge is 2.32. The fraction of sp³-hybridized carbons (Fsp3) is 0.312. The molecule has 0 spiro atoms. The summed E-state index contributed by atoms with van der Waals surface area (Å²) >= 11 is 5.73. The Bertz CT molecular complexity index is 824. The number of amides is 1. The number of hydrogen-bond acceptors (Lipinski definition) is 6. The minimum Gasteiger partial charge on any atom is -0.476 e. The number of carbonyl (C=O) groups excluding carboxylic acids is 1. The van der Waals surface area contributed by atoms with E-state index in [4.69, 9.17) is 16.3 Å². The van der Waals surface area contributed by atoms with Crippen molar-refractivity contribution in [3.63, 3.8) is 0 Å². The largest absolute Gasteiger partial charge is 0.476 e. The van der Waals surface area contributed by atoms with E-state index in [0.717, 1.165) is 0 Å². The summed E-state index contributed by atoms with van der Waals surface area (Å²) in [4.78, 5) is 32.4. The molecular weight excluding hydrogens is 348 g/mol. The smallest absolute Gasteiger partial charge is 0.273 e. The standard InChI is InChI=1S/C16H15ClN4O4/c1-10-2-3-12(4-13(10)21(23)24)16(22)20-7-11(8-20)9-25-15-6-18-5-14(17)19-15/h2-6,11H,7-9H2,1H3. The minimum atomic E-state index is -0.481. The lowest BCUT2D eigenvalue weighted by Crippen LogP contribution is -2.52. The maximum Gasteiger partial charge on any atom is 0.273 e. The van der Waals surface area contributed by atoms with Gasteiger partial charge in [0.2, 0.25) is 5.88 Å². The fourth-order valence-corrected chi connectivity index (χ4v) is 2.70. The summed E-state index contributed by atoms with van der Waals surface area (Å²) in [5, 5.41) is 11.2. The molecule has 1 aromatic heterocycles. The van der Waals surface area contributed by atoms with Gasteiger partial charge in [-0.3, -0.25) is 19.9 Å². The molecule has 130 valence electrons. The van der Waals surface area contributed by atoms with Crippen molar-refractivity contribution in [2.75, 3.05) is 19.7 Å². The molecule has 2 heterocycles. The summed E-state index contributed by atoms with van der Waals surface area (Å²) < 4.78 is 5.51. The van der Waals surface area contributed by atoms with Crippen molar-refractivity contribution in [3.05, 3.63) is 57.0 Å². The van der Waals surface area contributed by atoms with Crippen LogP contribution in [0.3, 0.4) is 0 Å². The average Bonchev–Trinajstić information content (AvgIpc) is 2.53. The summed E-state index contributed by atoms with van der Waals surface area (Å²) in [6.07, 6.45) is 2.89. The van der Waals surface area contributed by atoms with E-state index in [9.17, 15) is 14.9 Å². The first-order valence-corrected chi connectivity index (χ1v) is 7.96. The molecule has 0 bridgehead atoms. The van der Waals surface area contributed by atoms with Crippen molar-refractivity contribution in [2.24, 2.45) is 5.92 Å². The van der Waals surface area contributed by atoms with E-state index in [2.05, 4.69) is 9.97 Å². The fourth-order valence-electron chi connectivity index (χ4n) is 2.56. The Morgan fingerprint density at radius 3 is 2.88 bits per heavy atom. The van der Waals surface area contributed by atoms with Crippen LogP contribution in [0, 0.1) is 23.0 Å². The number of aryl methyl sites for hydroxylation is 1. The van der Waals surface area contributed by atoms with E-state index in [1.807, 2.05) is 0 Å². The molecule has 1 fully saturated rings. The van der Waals surface area contributed by atoms with Crippen LogP contribution in [0.4, 0.5) is 5.69 Å². The van der Waals surface area contributed by atoms with Gasteiger partial charge in [-0.2, -0.15) is 4.98 Å². The van der Waals surface area contributed by atoms with Gasteiger partial charge in [0.05, 0.1) is 23.9 Å². The number of likely N-dealkylation sites (tertiary alicyclic amines) is 1. The maximum absolute atomic E-state index is 12.4. The van der Waals surface area contributed by atoms with Crippen LogP contribution in [0.25, 0.3) is 0 Å². The molecule has 25 heavy (non-hydrogen) atoms. The van der Waals surface area contributed by atoms with Gasteiger partial charge >= 0.3 is 0 Å². The second-order valence-corrected chi connectivity index (χ2v) is 6.21. The Labute approximate surface area is 148 Å². The lowest BCUT2D eigenvalue weighted by molar-refractivity contribution is -0.385. The van der Waals surface area contributed by atoms with Gasteiger partial charge in [0.15, 0.2) is 5.15 Å². The maximum atomic E-state index is 12.4. The molecule has 1 amide bonds. The molecular formula is C16H15ClN4O4. The number of carbonyl (C=O) groups is 1. The first-order chi connectivity index (χ1) is 11.9. The summed E-state index contributed by atoms with van der Waals surface area (Å²) in [7, 11) is 0. The molecule has 1 saturated heterocycles. The highest BCUT2D eigenvalue weighted by molar-refractivity contribution is 6.29. The van der Waals surface area contributed by atoms with Crippen molar-refractivity contribution in [3.8, 4) is 5.88 Å². The molecule has 0 aliphatic carbocycles. The van der Waals surface area contributed by atoms with Crippen LogP contribution in [0.15, 0.2) is 30.6 Å². The molecule has 1 aromatic carbocycles. The van der Waals surface area contributed by atoms with Gasteiger partial charge in [-0.25, -0.2) is 0 Å². The summed E-state index contributed by atoms with van der Waals surface area (Å²) in [6, 6.07) is 4.52. The molecule has 0 N–H and O–H groups in total. The molecule has 9 heteroatoms. The van der Waals surface area contributed by atoms with Crippen LogP contribution in [-0.4, -0.2) is 45.4 Å². The van der Waals surface area contributed by atoms with Crippen molar-refractivity contribution < 1.29 is 14.5 Å². The zero-order valence-corrected chi connectivity index (χ0v) is 14.1. The normalized spacial score (nSPS) is 14.1. The van der Waals surface area contributed by atoms with Crippen molar-refractivity contribution in [2.45, 2.75) is 6.92 Å². The Morgan fingerprint density at radius 1 is 1.44 bits per heavy atom. The van der Waals surface area contributed by atoms with Crippen molar-refractivity contribution in [1.29, 1.82) is 0 Å². The number of halogens is 1. The topological polar surface area (TPSA) is 98.5 Å². The van der Waals surface area contributed by atoms with Gasteiger partial charge in [0, 0.05) is 36.2 Å². The third-order valence-corrected chi connectivity index (χ3v) is 4.13. The predicted octanol–water partition coefficient (Wildman–Crippen LogP) is 2.50. The van der Waals surface area contributed by atoms with Gasteiger partial charge in [-0.15, -0.1) is 0 Å². The van der Waals surface area contributed by atoms with Crippen LogP contribution in [0.5, 0.6) is 5.88 Å². The average molecular weight is 363 g/mol. The summed E-state index contributed by atoms with van der Waals surface area (Å²) in [6.45, 7) is 3.08. The number of aromatic nitrogens is 2. The molecule has 1 aliphatic rings. The van der Waals surface area contributed by atoms with E-state index >= 15 is 0 Å². The van der Waals surface area contributed by atoms with Gasteiger partial charge < -0.3 is 9.64 Å². The molecule has 8 nitrogen and oxygen atoms in total. The number of hydrogen-bond donors (Lipinski definition) is 0. The summed E-state index contributed by atoms with van der Waals surface area (Å²) in [5.74, 6) is 0.290. The number of nitro groups is 1. The second-order valence-electron chi connectivity index (χ2n) is 5.83. The lowest BCUT2D eigenvalue weighted by atomic mass is 9.99. The number of nitrogens with zero attached hydrogens (tertiary/aromatic N) is 4. The number of rotatable bonds is 5. The third-order valence-electron chi connectivity index (χ3n) is 3.95. The number of ether oxygens (including phenoxy) is 1. The van der Waals surface area contributed by atoms with Gasteiger partial charge in [-0.05, 0) is 13.0 Å². The minimum absolute atomic E-state index is 0.0502. The molecule has 0 unspecified atom stereocenters. The zero-order chi connectivity index (χ0) is 18.0. The quantitative estimate of drug-likeness (QED) is 0.598. The Morgan fingerprint density at radius 2 is 2.20 bits per heavy atom. The first-order valence-electron chi connectivity index (χ1n) is 7.58. The number of benzene rings is 1. The molecule has 1 aliphatic heterocycles. The molecule has 3 rings (SSSR count). The Hall–Kier alpha value is -2.74. The van der Waals surface area contributed by atoms with Crippen molar-refractivity contribution >= 4 is 23.2 Å². The molecule has 0 atom stereocenters. The van der Waals surface area contributed by atoms with E-state index < -0.39 is 4.92 Å². The van der Waals surface area contributed by atoms with Crippen LogP contribution in [-0.2, 0) is 0 Å².